The van der Waals surface area contributed by atoms with Crippen molar-refractivity contribution in [2.75, 3.05) is 19.7 Å². The summed E-state index contributed by atoms with van der Waals surface area (Å²) in [6.45, 7) is 7.70. The lowest BCUT2D eigenvalue weighted by atomic mass is 9.99. The fourth-order valence-corrected chi connectivity index (χ4v) is 5.05. The lowest BCUT2D eigenvalue weighted by molar-refractivity contribution is -0.141. The Labute approximate surface area is 248 Å². The van der Waals surface area contributed by atoms with E-state index in [1.807, 2.05) is 45.0 Å². The molecule has 1 aliphatic heterocycles. The van der Waals surface area contributed by atoms with Gasteiger partial charge in [0.15, 0.2) is 0 Å². The molecule has 42 heavy (non-hydrogen) atoms. The average molecular weight is 581 g/mol. The molecule has 10 heteroatoms. The van der Waals surface area contributed by atoms with E-state index in [0.717, 1.165) is 11.1 Å². The Morgan fingerprint density at radius 1 is 1.02 bits per heavy atom. The zero-order chi connectivity index (χ0) is 30.6. The highest BCUT2D eigenvalue weighted by molar-refractivity contribution is 5.94. The van der Waals surface area contributed by atoms with Gasteiger partial charge in [0.05, 0.1) is 6.54 Å². The molecule has 4 N–H and O–H groups in total. The number of aromatic hydroxyl groups is 1. The number of phenols is 1. The third kappa shape index (κ3) is 9.22. The summed E-state index contributed by atoms with van der Waals surface area (Å²) >= 11 is 0. The standard InChI is InChI=1S/C32H44N4O6/c1-5-9-26-30(39)33-17-8-11-24-10-6-7-12-28(24)42-19-18-36(22(4)37)27(20-23-13-15-25(38)16-14-23)31(40)35-29(21(2)3)32(41)34-26/h6-7,10,12-16,21,26-27,29,38H,5,8-9,11,17-20H2,1-4H3,(H,33,39)(H,34,41)(H,35,40)/t26-,27+,29+/m0/s1. The van der Waals surface area contributed by atoms with E-state index in [0.29, 0.717) is 38.0 Å². The molecule has 0 aromatic heterocycles. The number of fused-ring (bicyclic) bond motifs is 1. The van der Waals surface area contributed by atoms with Crippen LogP contribution in [-0.2, 0) is 32.0 Å². The summed E-state index contributed by atoms with van der Waals surface area (Å²) in [5.41, 5.74) is 1.71. The van der Waals surface area contributed by atoms with Crippen LogP contribution < -0.4 is 20.7 Å². The van der Waals surface area contributed by atoms with Gasteiger partial charge in [0.2, 0.25) is 23.6 Å². The Morgan fingerprint density at radius 3 is 2.40 bits per heavy atom. The Bertz CT molecular complexity index is 1220. The van der Waals surface area contributed by atoms with Crippen LogP contribution in [0.15, 0.2) is 48.5 Å². The van der Waals surface area contributed by atoms with Gasteiger partial charge < -0.3 is 30.7 Å². The first-order valence-electron chi connectivity index (χ1n) is 14.7. The molecule has 10 nitrogen and oxygen atoms in total. The van der Waals surface area contributed by atoms with Gasteiger partial charge in [-0.05, 0) is 54.5 Å². The summed E-state index contributed by atoms with van der Waals surface area (Å²) in [6, 6.07) is 11.4. The van der Waals surface area contributed by atoms with Gasteiger partial charge in [-0.15, -0.1) is 0 Å². The van der Waals surface area contributed by atoms with Crippen molar-refractivity contribution in [1.82, 2.24) is 20.9 Å². The van der Waals surface area contributed by atoms with E-state index < -0.39 is 29.9 Å². The van der Waals surface area contributed by atoms with Crippen molar-refractivity contribution in [1.29, 1.82) is 0 Å². The molecule has 0 fully saturated rings. The molecule has 0 radical (unpaired) electrons. The van der Waals surface area contributed by atoms with Gasteiger partial charge in [-0.2, -0.15) is 0 Å². The van der Waals surface area contributed by atoms with Crippen molar-refractivity contribution in [2.45, 2.75) is 77.9 Å². The molecular formula is C32H44N4O6. The average Bonchev–Trinajstić information content (AvgIpc) is 2.95. The SMILES string of the molecule is CCC[C@@H]1NC(=O)[C@@H](C(C)C)NC(=O)[C@@H](Cc2ccc(O)cc2)N(C(C)=O)CCOc2ccccc2CCCNC1=O. The van der Waals surface area contributed by atoms with Gasteiger partial charge in [-0.1, -0.05) is 57.5 Å². The molecule has 3 rings (SSSR count). The van der Waals surface area contributed by atoms with Crippen molar-refractivity contribution in [2.24, 2.45) is 5.92 Å². The number of amides is 4. The van der Waals surface area contributed by atoms with Crippen LogP contribution >= 0.6 is 0 Å². The van der Waals surface area contributed by atoms with Gasteiger partial charge >= 0.3 is 0 Å². The highest BCUT2D eigenvalue weighted by Gasteiger charge is 2.34. The predicted octanol–water partition coefficient (Wildman–Crippen LogP) is 2.72. The molecule has 0 unspecified atom stereocenters. The molecule has 0 saturated carbocycles. The molecule has 0 aliphatic carbocycles. The van der Waals surface area contributed by atoms with Crippen LogP contribution in [0.5, 0.6) is 11.5 Å². The zero-order valence-electron chi connectivity index (χ0n) is 25.0. The summed E-state index contributed by atoms with van der Waals surface area (Å²) in [6.07, 6.45) is 2.64. The van der Waals surface area contributed by atoms with Crippen LogP contribution in [0, 0.1) is 5.92 Å². The lowest BCUT2D eigenvalue weighted by Crippen LogP contribution is -2.59. The fraction of sp³-hybridized carbons (Fsp3) is 0.500. The molecule has 0 saturated heterocycles. The number of aryl methyl sites for hydroxylation is 1. The van der Waals surface area contributed by atoms with Gasteiger partial charge in [0.25, 0.3) is 0 Å². The smallest absolute Gasteiger partial charge is 0.243 e. The van der Waals surface area contributed by atoms with E-state index in [-0.39, 0.29) is 43.1 Å². The Morgan fingerprint density at radius 2 is 1.74 bits per heavy atom. The minimum absolute atomic E-state index is 0.0885. The Kier molecular flexibility index (Phi) is 12.2. The van der Waals surface area contributed by atoms with E-state index in [4.69, 9.17) is 4.74 Å². The maximum Gasteiger partial charge on any atom is 0.243 e. The number of para-hydroxylation sites is 1. The maximum absolute atomic E-state index is 13.9. The Balaban J connectivity index is 1.98. The molecule has 0 spiro atoms. The second kappa shape index (κ2) is 15.8. The van der Waals surface area contributed by atoms with Crippen LogP contribution in [0.1, 0.15) is 58.1 Å². The largest absolute Gasteiger partial charge is 0.508 e. The summed E-state index contributed by atoms with van der Waals surface area (Å²) in [4.78, 5) is 54.7. The number of carbonyl (C=O) groups is 4. The second-order valence-corrected chi connectivity index (χ2v) is 11.0. The number of nitrogens with one attached hydrogen (secondary N) is 3. The molecule has 1 heterocycles. The predicted molar refractivity (Wildman–Crippen MR) is 160 cm³/mol. The minimum Gasteiger partial charge on any atom is -0.508 e. The molecule has 2 aromatic rings. The summed E-state index contributed by atoms with van der Waals surface area (Å²) in [5.74, 6) is -1.05. The molecule has 228 valence electrons. The van der Waals surface area contributed by atoms with Crippen LogP contribution in [0.25, 0.3) is 0 Å². The van der Waals surface area contributed by atoms with E-state index in [9.17, 15) is 24.3 Å². The van der Waals surface area contributed by atoms with Crippen LogP contribution in [0.2, 0.25) is 0 Å². The van der Waals surface area contributed by atoms with E-state index >= 15 is 0 Å². The molecule has 3 atom stereocenters. The maximum atomic E-state index is 13.9. The van der Waals surface area contributed by atoms with Gasteiger partial charge in [-0.3, -0.25) is 19.2 Å². The number of nitrogens with zero attached hydrogens (tertiary/aromatic N) is 1. The van der Waals surface area contributed by atoms with Crippen LogP contribution in [-0.4, -0.2) is 71.5 Å². The molecular weight excluding hydrogens is 536 g/mol. The van der Waals surface area contributed by atoms with Crippen LogP contribution in [0.3, 0.4) is 0 Å². The highest BCUT2D eigenvalue weighted by atomic mass is 16.5. The van der Waals surface area contributed by atoms with Gasteiger partial charge in [-0.25, -0.2) is 0 Å². The van der Waals surface area contributed by atoms with Crippen molar-refractivity contribution in [3.05, 3.63) is 59.7 Å². The number of hydrogen-bond donors (Lipinski definition) is 4. The number of benzene rings is 2. The van der Waals surface area contributed by atoms with Crippen molar-refractivity contribution >= 4 is 23.6 Å². The molecule has 4 amide bonds. The summed E-state index contributed by atoms with van der Waals surface area (Å²) in [7, 11) is 0. The second-order valence-electron chi connectivity index (χ2n) is 11.0. The van der Waals surface area contributed by atoms with E-state index in [2.05, 4.69) is 16.0 Å². The van der Waals surface area contributed by atoms with E-state index in [1.54, 1.807) is 12.1 Å². The quantitative estimate of drug-likeness (QED) is 0.429. The molecule has 1 aliphatic rings. The number of phenolic OH excluding ortho intramolecular Hbond substituents is 1. The number of carbonyl (C=O) groups excluding carboxylic acids is 4. The van der Waals surface area contributed by atoms with Crippen LogP contribution in [0.4, 0.5) is 0 Å². The number of hydrogen-bond acceptors (Lipinski definition) is 6. The first kappa shape index (κ1) is 32.4. The number of ether oxygens (including phenoxy) is 1. The van der Waals surface area contributed by atoms with Crippen molar-refractivity contribution in [3.63, 3.8) is 0 Å². The van der Waals surface area contributed by atoms with E-state index in [1.165, 1.54) is 24.0 Å². The molecule has 0 bridgehead atoms. The topological polar surface area (TPSA) is 137 Å². The van der Waals surface area contributed by atoms with Gasteiger partial charge in [0, 0.05) is 19.9 Å². The first-order chi connectivity index (χ1) is 20.1. The zero-order valence-corrected chi connectivity index (χ0v) is 25.0. The third-order valence-electron chi connectivity index (χ3n) is 7.39. The number of rotatable bonds is 5. The summed E-state index contributed by atoms with van der Waals surface area (Å²) in [5, 5.41) is 18.4. The monoisotopic (exact) mass is 580 g/mol. The van der Waals surface area contributed by atoms with Crippen molar-refractivity contribution < 1.29 is 29.0 Å². The minimum atomic E-state index is -0.950. The normalized spacial score (nSPS) is 21.2. The third-order valence-corrected chi connectivity index (χ3v) is 7.39. The lowest BCUT2D eigenvalue weighted by Gasteiger charge is -2.33. The fourth-order valence-electron chi connectivity index (χ4n) is 5.05. The Hall–Kier alpha value is -4.08. The first-order valence-corrected chi connectivity index (χ1v) is 14.7. The van der Waals surface area contributed by atoms with Gasteiger partial charge in [0.1, 0.15) is 36.2 Å². The molecule has 2 aromatic carbocycles. The highest BCUT2D eigenvalue weighted by Crippen LogP contribution is 2.20. The van der Waals surface area contributed by atoms with Crippen molar-refractivity contribution in [3.8, 4) is 11.5 Å². The summed E-state index contributed by atoms with van der Waals surface area (Å²) < 4.78 is 6.10.